The number of hydrogen-bond donors (Lipinski definition) is 0. The Morgan fingerprint density at radius 1 is 0.339 bits per heavy atom. The highest BCUT2D eigenvalue weighted by Gasteiger charge is 2.19. The molecule has 0 bridgehead atoms. The molecule has 0 aromatic carbocycles. The average Bonchev–Trinajstić information content (AvgIpc) is 3.23. The minimum Gasteiger partial charge on any atom is -0.462 e. The summed E-state index contributed by atoms with van der Waals surface area (Å²) in [5.41, 5.74) is 0. The minimum absolute atomic E-state index is 0.0771. The van der Waals surface area contributed by atoms with Gasteiger partial charge in [0.25, 0.3) is 0 Å². The maximum Gasteiger partial charge on any atom is 0.306 e. The molecule has 0 fully saturated rings. The maximum atomic E-state index is 12.7. The number of allylic oxidation sites excluding steroid dienone is 6. The van der Waals surface area contributed by atoms with E-state index in [1.807, 2.05) is 0 Å². The molecule has 0 aromatic heterocycles. The van der Waals surface area contributed by atoms with Crippen LogP contribution in [0.3, 0.4) is 0 Å². The summed E-state index contributed by atoms with van der Waals surface area (Å²) < 4.78 is 16.6. The topological polar surface area (TPSA) is 78.9 Å². The highest BCUT2D eigenvalue weighted by molar-refractivity contribution is 5.71. The van der Waals surface area contributed by atoms with Crippen LogP contribution < -0.4 is 0 Å². The van der Waals surface area contributed by atoms with Gasteiger partial charge in [-0.25, -0.2) is 0 Å². The predicted molar refractivity (Wildman–Crippen MR) is 252 cm³/mol. The van der Waals surface area contributed by atoms with E-state index < -0.39 is 6.10 Å². The molecule has 0 saturated carbocycles. The van der Waals surface area contributed by atoms with Crippen molar-refractivity contribution in [3.05, 3.63) is 36.5 Å². The normalized spacial score (nSPS) is 12.3. The highest BCUT2D eigenvalue weighted by atomic mass is 16.6. The van der Waals surface area contributed by atoms with Gasteiger partial charge in [-0.1, -0.05) is 211 Å². The predicted octanol–water partition coefficient (Wildman–Crippen LogP) is 16.5. The lowest BCUT2D eigenvalue weighted by Crippen LogP contribution is -2.30. The number of rotatable bonds is 46. The Kier molecular flexibility index (Phi) is 46.4. The van der Waals surface area contributed by atoms with Crippen LogP contribution in [0.2, 0.25) is 0 Å². The van der Waals surface area contributed by atoms with Crippen molar-refractivity contribution in [3.63, 3.8) is 0 Å². The Balaban J connectivity index is 4.08. The third kappa shape index (κ3) is 46.5. The van der Waals surface area contributed by atoms with Crippen LogP contribution in [0, 0.1) is 0 Å². The second-order valence-corrected chi connectivity index (χ2v) is 17.1. The summed E-state index contributed by atoms with van der Waals surface area (Å²) >= 11 is 0. The molecule has 0 aliphatic carbocycles. The minimum atomic E-state index is -0.773. The molecular weight excluding hydrogens is 733 g/mol. The first kappa shape index (κ1) is 56.6. The summed E-state index contributed by atoms with van der Waals surface area (Å²) in [5, 5.41) is 0. The van der Waals surface area contributed by atoms with Gasteiger partial charge in [-0.2, -0.15) is 0 Å². The molecule has 6 nitrogen and oxygen atoms in total. The second kappa shape index (κ2) is 48.3. The van der Waals surface area contributed by atoms with Gasteiger partial charge in [0.1, 0.15) is 13.2 Å². The SMILES string of the molecule is CCC/C=C\C/C=C\CCCCCCCC(=O)OC(COC(=O)CCCCCCC)COC(=O)CCCCCCCCCCCCC/C=C\CCCCCCCCCC. The lowest BCUT2D eigenvalue weighted by molar-refractivity contribution is -0.167. The third-order valence-electron chi connectivity index (χ3n) is 11.1. The van der Waals surface area contributed by atoms with Crippen molar-refractivity contribution in [2.24, 2.45) is 0 Å². The van der Waals surface area contributed by atoms with Gasteiger partial charge >= 0.3 is 17.9 Å². The van der Waals surface area contributed by atoms with Crippen molar-refractivity contribution in [1.82, 2.24) is 0 Å². The first-order valence-corrected chi connectivity index (χ1v) is 25.5. The molecule has 1 atom stereocenters. The fraction of sp³-hybridized carbons (Fsp3) is 0.830. The van der Waals surface area contributed by atoms with E-state index in [1.54, 1.807) is 0 Å². The summed E-state index contributed by atoms with van der Waals surface area (Å²) in [4.78, 5) is 37.6. The van der Waals surface area contributed by atoms with Crippen LogP contribution >= 0.6 is 0 Å². The number of hydrogen-bond acceptors (Lipinski definition) is 6. The van der Waals surface area contributed by atoms with Crippen LogP contribution in [-0.2, 0) is 28.6 Å². The van der Waals surface area contributed by atoms with E-state index in [2.05, 4.69) is 57.2 Å². The molecule has 0 N–H and O–H groups in total. The Labute approximate surface area is 365 Å². The zero-order chi connectivity index (χ0) is 43.0. The third-order valence-corrected chi connectivity index (χ3v) is 11.1. The first-order valence-electron chi connectivity index (χ1n) is 25.5. The van der Waals surface area contributed by atoms with E-state index >= 15 is 0 Å². The van der Waals surface area contributed by atoms with Crippen molar-refractivity contribution in [1.29, 1.82) is 0 Å². The van der Waals surface area contributed by atoms with E-state index in [-0.39, 0.29) is 31.1 Å². The smallest absolute Gasteiger partial charge is 0.306 e. The van der Waals surface area contributed by atoms with Crippen molar-refractivity contribution < 1.29 is 28.6 Å². The summed E-state index contributed by atoms with van der Waals surface area (Å²) in [6.07, 6.45) is 56.0. The van der Waals surface area contributed by atoms with Crippen molar-refractivity contribution in [2.75, 3.05) is 13.2 Å². The Bertz CT molecular complexity index is 1000. The Morgan fingerprint density at radius 2 is 0.644 bits per heavy atom. The molecule has 0 aliphatic heterocycles. The second-order valence-electron chi connectivity index (χ2n) is 17.1. The lowest BCUT2D eigenvalue weighted by Gasteiger charge is -2.18. The molecule has 0 heterocycles. The van der Waals surface area contributed by atoms with Crippen LogP contribution in [0.1, 0.15) is 265 Å². The van der Waals surface area contributed by atoms with Crippen LogP contribution in [0.15, 0.2) is 36.5 Å². The Hall–Kier alpha value is -2.37. The molecule has 0 radical (unpaired) electrons. The maximum absolute atomic E-state index is 12.7. The summed E-state index contributed by atoms with van der Waals surface area (Å²) in [6, 6.07) is 0. The van der Waals surface area contributed by atoms with Gasteiger partial charge in [-0.15, -0.1) is 0 Å². The van der Waals surface area contributed by atoms with Crippen molar-refractivity contribution in [2.45, 2.75) is 271 Å². The number of carbonyl (C=O) groups is 3. The lowest BCUT2D eigenvalue weighted by atomic mass is 10.0. The molecule has 0 spiro atoms. The molecule has 59 heavy (non-hydrogen) atoms. The van der Waals surface area contributed by atoms with Gasteiger partial charge in [-0.05, 0) is 70.6 Å². The zero-order valence-electron chi connectivity index (χ0n) is 39.3. The molecule has 0 aromatic rings. The number of unbranched alkanes of at least 4 members (excludes halogenated alkanes) is 29. The quantitative estimate of drug-likeness (QED) is 0.0263. The molecular formula is C53H96O6. The van der Waals surface area contributed by atoms with Gasteiger partial charge in [0, 0.05) is 19.3 Å². The average molecular weight is 829 g/mol. The molecule has 0 saturated heterocycles. The molecule has 6 heteroatoms. The van der Waals surface area contributed by atoms with E-state index in [9.17, 15) is 14.4 Å². The van der Waals surface area contributed by atoms with Gasteiger partial charge in [0.05, 0.1) is 0 Å². The van der Waals surface area contributed by atoms with E-state index in [1.165, 1.54) is 128 Å². The molecule has 1 unspecified atom stereocenters. The van der Waals surface area contributed by atoms with Gasteiger partial charge in [0.15, 0.2) is 6.10 Å². The van der Waals surface area contributed by atoms with Gasteiger partial charge in [0.2, 0.25) is 0 Å². The van der Waals surface area contributed by atoms with E-state index in [0.29, 0.717) is 19.3 Å². The summed E-state index contributed by atoms with van der Waals surface area (Å²) in [7, 11) is 0. The number of esters is 3. The van der Waals surface area contributed by atoms with Crippen molar-refractivity contribution >= 4 is 17.9 Å². The molecule has 344 valence electrons. The first-order chi connectivity index (χ1) is 29.0. The van der Waals surface area contributed by atoms with Crippen molar-refractivity contribution in [3.8, 4) is 0 Å². The molecule has 0 amide bonds. The fourth-order valence-electron chi connectivity index (χ4n) is 7.24. The van der Waals surface area contributed by atoms with Crippen LogP contribution in [0.5, 0.6) is 0 Å². The van der Waals surface area contributed by atoms with Crippen LogP contribution in [-0.4, -0.2) is 37.2 Å². The monoisotopic (exact) mass is 829 g/mol. The van der Waals surface area contributed by atoms with Crippen LogP contribution in [0.4, 0.5) is 0 Å². The van der Waals surface area contributed by atoms with Crippen LogP contribution in [0.25, 0.3) is 0 Å². The van der Waals surface area contributed by atoms with Gasteiger partial charge < -0.3 is 14.2 Å². The summed E-state index contributed by atoms with van der Waals surface area (Å²) in [5.74, 6) is -0.901. The van der Waals surface area contributed by atoms with E-state index in [4.69, 9.17) is 14.2 Å². The molecule has 0 rings (SSSR count). The Morgan fingerprint density at radius 3 is 1.02 bits per heavy atom. The van der Waals surface area contributed by atoms with E-state index in [0.717, 1.165) is 96.3 Å². The zero-order valence-corrected chi connectivity index (χ0v) is 39.3. The fourth-order valence-corrected chi connectivity index (χ4v) is 7.24. The highest BCUT2D eigenvalue weighted by Crippen LogP contribution is 2.15. The molecule has 0 aliphatic rings. The largest absolute Gasteiger partial charge is 0.462 e. The number of ether oxygens (including phenoxy) is 3. The standard InChI is InChI=1S/C53H96O6/c1-4-7-10-13-15-17-19-21-22-23-24-25-26-27-28-29-30-32-33-35-37-40-43-46-52(55)58-49-50(48-57-51(54)45-42-39-12-9-6-3)59-53(56)47-44-41-38-36-34-31-20-18-16-14-11-8-5-2/h11,14,18,20,23-24,50H,4-10,12-13,15-17,19,21-22,25-49H2,1-3H3/b14-11-,20-18-,24-23-. The number of carbonyl (C=O) groups excluding carboxylic acids is 3. The van der Waals surface area contributed by atoms with Gasteiger partial charge in [-0.3, -0.25) is 14.4 Å². The summed E-state index contributed by atoms with van der Waals surface area (Å²) in [6.45, 7) is 6.49.